The van der Waals surface area contributed by atoms with Gasteiger partial charge in [-0.25, -0.2) is 0 Å². The van der Waals surface area contributed by atoms with Gasteiger partial charge >= 0.3 is 0 Å². The second-order valence-corrected chi connectivity index (χ2v) is 3.30. The maximum absolute atomic E-state index is 9.70. The minimum Gasteiger partial charge on any atom is -0.507 e. The van der Waals surface area contributed by atoms with Gasteiger partial charge < -0.3 is 10.2 Å². The summed E-state index contributed by atoms with van der Waals surface area (Å²) in [4.78, 5) is 0. The summed E-state index contributed by atoms with van der Waals surface area (Å²) in [7, 11) is 0. The van der Waals surface area contributed by atoms with Crippen molar-refractivity contribution >= 4 is 10.8 Å². The largest absolute Gasteiger partial charge is 0.507 e. The molecule has 0 unspecified atom stereocenters. The Hall–Kier alpha value is -1.70. The number of phenolic OH excluding ortho intramolecular Hbond substituents is 2. The van der Waals surface area contributed by atoms with Crippen LogP contribution in [-0.4, -0.2) is 10.2 Å². The van der Waals surface area contributed by atoms with Gasteiger partial charge in [0.15, 0.2) is 0 Å². The second-order valence-electron chi connectivity index (χ2n) is 3.30. The second kappa shape index (κ2) is 3.22. The van der Waals surface area contributed by atoms with Crippen LogP contribution >= 0.6 is 0 Å². The first-order chi connectivity index (χ1) is 6.74. The number of benzene rings is 2. The molecule has 2 rings (SSSR count). The molecule has 2 nitrogen and oxygen atoms in total. The van der Waals surface area contributed by atoms with Crippen molar-refractivity contribution in [1.82, 2.24) is 0 Å². The molecule has 14 heavy (non-hydrogen) atoms. The summed E-state index contributed by atoms with van der Waals surface area (Å²) in [6, 6.07) is 8.69. The third kappa shape index (κ3) is 1.20. The zero-order valence-electron chi connectivity index (χ0n) is 7.99. The number of phenols is 2. The van der Waals surface area contributed by atoms with E-state index in [1.807, 2.05) is 25.1 Å². The van der Waals surface area contributed by atoms with Crippen molar-refractivity contribution in [1.29, 1.82) is 0 Å². The number of hydrogen-bond acceptors (Lipinski definition) is 2. The summed E-state index contributed by atoms with van der Waals surface area (Å²) < 4.78 is 0. The van der Waals surface area contributed by atoms with E-state index in [1.54, 1.807) is 0 Å². The molecule has 2 aromatic carbocycles. The molecule has 0 spiro atoms. The van der Waals surface area contributed by atoms with E-state index in [1.165, 1.54) is 12.1 Å². The monoisotopic (exact) mass is 188 g/mol. The molecule has 0 aliphatic carbocycles. The van der Waals surface area contributed by atoms with Gasteiger partial charge in [0.05, 0.1) is 0 Å². The standard InChI is InChI=1S/C12H12O2/c1-2-8-4-3-5-9-10(13)6-7-11(14)12(8)9/h3-7,13-14H,2H2,1H3. The maximum atomic E-state index is 9.70. The molecule has 0 heterocycles. The zero-order chi connectivity index (χ0) is 10.1. The highest BCUT2D eigenvalue weighted by molar-refractivity contribution is 5.95. The van der Waals surface area contributed by atoms with E-state index < -0.39 is 0 Å². The Morgan fingerprint density at radius 1 is 1.00 bits per heavy atom. The Morgan fingerprint density at radius 2 is 1.71 bits per heavy atom. The normalized spacial score (nSPS) is 10.6. The number of hydrogen-bond donors (Lipinski definition) is 2. The predicted octanol–water partition coefficient (Wildman–Crippen LogP) is 2.81. The molecule has 0 saturated carbocycles. The molecule has 0 saturated heterocycles. The smallest absolute Gasteiger partial charge is 0.123 e. The molecule has 0 radical (unpaired) electrons. The van der Waals surface area contributed by atoms with Gasteiger partial charge in [-0.05, 0) is 24.1 Å². The summed E-state index contributed by atoms with van der Waals surface area (Å²) >= 11 is 0. The number of aromatic hydroxyl groups is 2. The van der Waals surface area contributed by atoms with Gasteiger partial charge in [0.2, 0.25) is 0 Å². The van der Waals surface area contributed by atoms with Crippen LogP contribution < -0.4 is 0 Å². The molecule has 0 bridgehead atoms. The number of fused-ring (bicyclic) bond motifs is 1. The summed E-state index contributed by atoms with van der Waals surface area (Å²) in [5.74, 6) is 0.448. The van der Waals surface area contributed by atoms with Crippen molar-refractivity contribution in [3.05, 3.63) is 35.9 Å². The van der Waals surface area contributed by atoms with Gasteiger partial charge in [-0.15, -0.1) is 0 Å². The van der Waals surface area contributed by atoms with E-state index in [0.29, 0.717) is 5.39 Å². The zero-order valence-corrected chi connectivity index (χ0v) is 7.99. The Kier molecular flexibility index (Phi) is 2.04. The third-order valence-corrected chi connectivity index (χ3v) is 2.46. The molecule has 0 aliphatic rings. The van der Waals surface area contributed by atoms with Gasteiger partial charge in [-0.1, -0.05) is 25.1 Å². The minimum absolute atomic E-state index is 0.216. The van der Waals surface area contributed by atoms with Crippen molar-refractivity contribution in [2.24, 2.45) is 0 Å². The van der Waals surface area contributed by atoms with Crippen LogP contribution in [0.1, 0.15) is 12.5 Å². The first-order valence-corrected chi connectivity index (χ1v) is 4.66. The van der Waals surface area contributed by atoms with E-state index in [4.69, 9.17) is 0 Å². The lowest BCUT2D eigenvalue weighted by atomic mass is 10.0. The Bertz CT molecular complexity index is 475. The highest BCUT2D eigenvalue weighted by Gasteiger charge is 2.07. The van der Waals surface area contributed by atoms with E-state index in [0.717, 1.165) is 17.4 Å². The van der Waals surface area contributed by atoms with E-state index >= 15 is 0 Å². The Labute approximate surface area is 82.4 Å². The fourth-order valence-electron chi connectivity index (χ4n) is 1.74. The van der Waals surface area contributed by atoms with Gasteiger partial charge in [0.1, 0.15) is 11.5 Å². The first-order valence-electron chi connectivity index (χ1n) is 4.66. The minimum atomic E-state index is 0.216. The number of rotatable bonds is 1. The molecular weight excluding hydrogens is 176 g/mol. The lowest BCUT2D eigenvalue weighted by Gasteiger charge is -2.07. The van der Waals surface area contributed by atoms with Crippen LogP contribution in [0.15, 0.2) is 30.3 Å². The van der Waals surface area contributed by atoms with Crippen LogP contribution in [0.5, 0.6) is 11.5 Å². The van der Waals surface area contributed by atoms with Crippen LogP contribution in [0.25, 0.3) is 10.8 Å². The van der Waals surface area contributed by atoms with Crippen LogP contribution in [0.4, 0.5) is 0 Å². The fourth-order valence-corrected chi connectivity index (χ4v) is 1.74. The Balaban J connectivity index is 2.92. The summed E-state index contributed by atoms with van der Waals surface area (Å²) in [6.07, 6.45) is 0.842. The SMILES string of the molecule is CCc1cccc2c(O)ccc(O)c12. The highest BCUT2D eigenvalue weighted by atomic mass is 16.3. The van der Waals surface area contributed by atoms with Gasteiger partial charge in [0.25, 0.3) is 0 Å². The first kappa shape index (κ1) is 8.88. The summed E-state index contributed by atoms with van der Waals surface area (Å²) in [5, 5.41) is 20.8. The lowest BCUT2D eigenvalue weighted by Crippen LogP contribution is -1.84. The predicted molar refractivity (Wildman–Crippen MR) is 56.7 cm³/mol. The molecule has 0 amide bonds. The van der Waals surface area contributed by atoms with Crippen molar-refractivity contribution in [3.8, 4) is 11.5 Å². The average molecular weight is 188 g/mol. The molecule has 72 valence electrons. The third-order valence-electron chi connectivity index (χ3n) is 2.46. The molecule has 0 aliphatic heterocycles. The quantitative estimate of drug-likeness (QED) is 0.675. The molecular formula is C12H12O2. The molecule has 2 heteroatoms. The van der Waals surface area contributed by atoms with Crippen molar-refractivity contribution < 1.29 is 10.2 Å². The van der Waals surface area contributed by atoms with E-state index in [-0.39, 0.29) is 11.5 Å². The van der Waals surface area contributed by atoms with Crippen molar-refractivity contribution in [2.45, 2.75) is 13.3 Å². The van der Waals surface area contributed by atoms with Crippen molar-refractivity contribution in [3.63, 3.8) is 0 Å². The number of aryl methyl sites for hydroxylation is 1. The van der Waals surface area contributed by atoms with Gasteiger partial charge in [-0.3, -0.25) is 0 Å². The molecule has 2 N–H and O–H groups in total. The van der Waals surface area contributed by atoms with E-state index in [9.17, 15) is 10.2 Å². The van der Waals surface area contributed by atoms with Crippen LogP contribution in [0, 0.1) is 0 Å². The Morgan fingerprint density at radius 3 is 2.43 bits per heavy atom. The maximum Gasteiger partial charge on any atom is 0.123 e. The van der Waals surface area contributed by atoms with Crippen LogP contribution in [-0.2, 0) is 6.42 Å². The molecule has 0 atom stereocenters. The summed E-state index contributed by atoms with van der Waals surface area (Å²) in [6.45, 7) is 2.03. The van der Waals surface area contributed by atoms with Crippen LogP contribution in [0.3, 0.4) is 0 Å². The molecule has 0 aromatic heterocycles. The highest BCUT2D eigenvalue weighted by Crippen LogP contribution is 2.34. The average Bonchev–Trinajstić information content (AvgIpc) is 2.23. The van der Waals surface area contributed by atoms with E-state index in [2.05, 4.69) is 0 Å². The van der Waals surface area contributed by atoms with Crippen molar-refractivity contribution in [2.75, 3.05) is 0 Å². The summed E-state index contributed by atoms with van der Waals surface area (Å²) in [5.41, 5.74) is 1.05. The lowest BCUT2D eigenvalue weighted by molar-refractivity contribution is 0.469. The fraction of sp³-hybridized carbons (Fsp3) is 0.167. The van der Waals surface area contributed by atoms with Gasteiger partial charge in [-0.2, -0.15) is 0 Å². The molecule has 0 fully saturated rings. The van der Waals surface area contributed by atoms with Gasteiger partial charge in [0, 0.05) is 10.8 Å². The van der Waals surface area contributed by atoms with Crippen LogP contribution in [0.2, 0.25) is 0 Å². The topological polar surface area (TPSA) is 40.5 Å². The molecule has 2 aromatic rings.